The van der Waals surface area contributed by atoms with Gasteiger partial charge in [-0.1, -0.05) is 295 Å². The van der Waals surface area contributed by atoms with Gasteiger partial charge >= 0.3 is 0 Å². The van der Waals surface area contributed by atoms with Crippen LogP contribution in [0, 0.1) is 0 Å². The topological polar surface area (TPSA) is 307 Å². The van der Waals surface area contributed by atoms with Crippen molar-refractivity contribution in [3.8, 4) is 0 Å². The highest BCUT2D eigenvalue weighted by Gasteiger charge is 2.53. The Morgan fingerprint density at radius 1 is 0.368 bits per heavy atom. The Hall–Kier alpha value is -1.73. The molecule has 95 heavy (non-hydrogen) atoms. The van der Waals surface area contributed by atoms with Crippen LogP contribution in [0.5, 0.6) is 0 Å². The highest BCUT2D eigenvalue weighted by molar-refractivity contribution is 5.76. The summed E-state index contributed by atoms with van der Waals surface area (Å²) in [6.07, 6.45) is 42.5. The fraction of sp³-hybridized carbons (Fsp3) is 0.934. The summed E-state index contributed by atoms with van der Waals surface area (Å²) in [5.41, 5.74) is 0. The molecule has 0 aliphatic carbocycles. The van der Waals surface area contributed by atoms with Crippen molar-refractivity contribution in [2.45, 2.75) is 426 Å². The maximum Gasteiger partial charge on any atom is 0.220 e. The van der Waals surface area contributed by atoms with Crippen LogP contribution in [0.15, 0.2) is 24.3 Å². The second-order valence-electron chi connectivity index (χ2n) is 28.2. The smallest absolute Gasteiger partial charge is 0.220 e. The SMILES string of the molecule is CCCCCCCCC/C=C/C(O)C(COC1OC(CO)C(OC2OC(CO)C(OC3OC(CO)C(O)C(O)C3O)C(O)C2O)C(O)C1O)NC(=O)CCCCCCCCCCCCCCCCCCCCCCCCCCCCCCC/C=C\CCCCCCCCCC. The van der Waals surface area contributed by atoms with Crippen LogP contribution >= 0.6 is 0 Å². The first-order valence-corrected chi connectivity index (χ1v) is 39.1. The Balaban J connectivity index is 1.23. The van der Waals surface area contributed by atoms with E-state index < -0.39 is 124 Å². The van der Waals surface area contributed by atoms with Gasteiger partial charge in [0.25, 0.3) is 0 Å². The molecule has 3 fully saturated rings. The molecule has 0 aromatic heterocycles. The summed E-state index contributed by atoms with van der Waals surface area (Å²) >= 11 is 0. The van der Waals surface area contributed by atoms with Crippen molar-refractivity contribution in [2.24, 2.45) is 0 Å². The molecular formula is C76H143NO18. The van der Waals surface area contributed by atoms with Gasteiger partial charge in [0, 0.05) is 6.42 Å². The van der Waals surface area contributed by atoms with Crippen LogP contribution in [0.25, 0.3) is 0 Å². The summed E-state index contributed by atoms with van der Waals surface area (Å²) in [6, 6.07) is -0.968. The van der Waals surface area contributed by atoms with E-state index in [2.05, 4.69) is 31.3 Å². The first-order chi connectivity index (χ1) is 46.3. The highest BCUT2D eigenvalue weighted by atomic mass is 16.8. The maximum absolute atomic E-state index is 13.4. The zero-order chi connectivity index (χ0) is 68.9. The number of ether oxygens (including phenoxy) is 6. The average molecular weight is 1360 g/mol. The Kier molecular flexibility index (Phi) is 53.3. The molecule has 0 radical (unpaired) electrons. The molecule has 560 valence electrons. The second kappa shape index (κ2) is 57.8. The number of carbonyl (C=O) groups is 1. The van der Waals surface area contributed by atoms with Gasteiger partial charge in [-0.3, -0.25) is 4.79 Å². The monoisotopic (exact) mass is 1360 g/mol. The third-order valence-electron chi connectivity index (χ3n) is 19.7. The Morgan fingerprint density at radius 3 is 1.02 bits per heavy atom. The summed E-state index contributed by atoms with van der Waals surface area (Å²) in [4.78, 5) is 13.4. The van der Waals surface area contributed by atoms with Gasteiger partial charge in [0.05, 0.1) is 38.6 Å². The Bertz CT molecular complexity index is 1810. The van der Waals surface area contributed by atoms with Crippen LogP contribution in [0.4, 0.5) is 0 Å². The summed E-state index contributed by atoms with van der Waals surface area (Å²) in [7, 11) is 0. The maximum atomic E-state index is 13.4. The standard InChI is InChI=1S/C76H143NO18/c1-3-5-7-9-11-13-14-15-16-17-18-19-20-21-22-23-24-25-26-27-28-29-30-31-32-33-34-35-36-37-38-39-40-41-42-43-44-46-48-50-52-54-64(82)77-59(60(81)53-51-49-47-45-12-10-8-6-4-2)58-90-74-70(88)67(85)72(62(56-79)92-74)95-76-71(89)68(86)73(63(57-80)93-76)94-75-69(87)66(84)65(83)61(55-78)91-75/h17-18,51,53,59-63,65-76,78-81,83-89H,3-16,19-50,52,54-58H2,1-2H3,(H,77,82)/b18-17-,53-51+. The fourth-order valence-corrected chi connectivity index (χ4v) is 13.4. The number of nitrogens with one attached hydrogen (secondary N) is 1. The van der Waals surface area contributed by atoms with Gasteiger partial charge in [-0.25, -0.2) is 0 Å². The molecule has 3 aliphatic rings. The predicted octanol–water partition coefficient (Wildman–Crippen LogP) is 12.2. The largest absolute Gasteiger partial charge is 0.394 e. The van der Waals surface area contributed by atoms with Crippen molar-refractivity contribution in [3.05, 3.63) is 24.3 Å². The number of allylic oxidation sites excluding steroid dienone is 3. The van der Waals surface area contributed by atoms with Crippen molar-refractivity contribution >= 4 is 5.91 Å². The Morgan fingerprint density at radius 2 is 0.663 bits per heavy atom. The van der Waals surface area contributed by atoms with Crippen molar-refractivity contribution in [1.82, 2.24) is 5.32 Å². The molecule has 3 rings (SSSR count). The quantitative estimate of drug-likeness (QED) is 0.0199. The van der Waals surface area contributed by atoms with E-state index >= 15 is 0 Å². The lowest BCUT2D eigenvalue weighted by Crippen LogP contribution is -2.66. The van der Waals surface area contributed by atoms with E-state index in [1.54, 1.807) is 6.08 Å². The molecule has 17 unspecified atom stereocenters. The number of amides is 1. The van der Waals surface area contributed by atoms with E-state index in [1.807, 2.05) is 6.08 Å². The molecule has 0 aromatic rings. The number of aliphatic hydroxyl groups is 11. The minimum absolute atomic E-state index is 0.248. The van der Waals surface area contributed by atoms with Gasteiger partial charge in [0.15, 0.2) is 18.9 Å². The molecular weight excluding hydrogens is 1210 g/mol. The minimum Gasteiger partial charge on any atom is -0.394 e. The third-order valence-corrected chi connectivity index (χ3v) is 19.7. The van der Waals surface area contributed by atoms with E-state index in [-0.39, 0.29) is 18.9 Å². The number of hydrogen-bond donors (Lipinski definition) is 12. The van der Waals surface area contributed by atoms with Gasteiger partial charge in [-0.2, -0.15) is 0 Å². The molecule has 19 nitrogen and oxygen atoms in total. The number of aliphatic hydroxyl groups excluding tert-OH is 11. The van der Waals surface area contributed by atoms with E-state index in [0.717, 1.165) is 44.9 Å². The first kappa shape index (κ1) is 87.5. The molecule has 0 bridgehead atoms. The van der Waals surface area contributed by atoms with Crippen molar-refractivity contribution in [3.63, 3.8) is 0 Å². The van der Waals surface area contributed by atoms with E-state index in [4.69, 9.17) is 28.4 Å². The summed E-state index contributed by atoms with van der Waals surface area (Å²) in [5, 5.41) is 120. The third kappa shape index (κ3) is 38.8. The summed E-state index contributed by atoms with van der Waals surface area (Å²) in [5.74, 6) is -0.272. The molecule has 1 amide bonds. The lowest BCUT2D eigenvalue weighted by atomic mass is 9.96. The van der Waals surface area contributed by atoms with Crippen molar-refractivity contribution in [2.75, 3.05) is 26.4 Å². The fourth-order valence-electron chi connectivity index (χ4n) is 13.4. The number of hydrogen-bond acceptors (Lipinski definition) is 18. The second-order valence-corrected chi connectivity index (χ2v) is 28.2. The number of rotatable bonds is 62. The molecule has 0 spiro atoms. The van der Waals surface area contributed by atoms with Crippen LogP contribution in [-0.4, -0.2) is 193 Å². The lowest BCUT2D eigenvalue weighted by Gasteiger charge is -2.48. The molecule has 12 N–H and O–H groups in total. The molecule has 0 aromatic carbocycles. The molecule has 3 aliphatic heterocycles. The zero-order valence-electron chi connectivity index (χ0n) is 59.7. The van der Waals surface area contributed by atoms with Gasteiger partial charge in [0.1, 0.15) is 73.2 Å². The normalized spacial score (nSPS) is 27.3. The molecule has 3 saturated heterocycles. The van der Waals surface area contributed by atoms with Crippen LogP contribution in [0.2, 0.25) is 0 Å². The Labute approximate surface area is 575 Å². The summed E-state index contributed by atoms with van der Waals surface area (Å²) in [6.45, 7) is 1.72. The first-order valence-electron chi connectivity index (χ1n) is 39.1. The van der Waals surface area contributed by atoms with Crippen LogP contribution in [0.3, 0.4) is 0 Å². The predicted molar refractivity (Wildman–Crippen MR) is 374 cm³/mol. The van der Waals surface area contributed by atoms with Gasteiger partial charge < -0.3 is 89.9 Å². The average Bonchev–Trinajstić information content (AvgIpc) is 0.795. The molecule has 0 saturated carbocycles. The number of carbonyl (C=O) groups excluding carboxylic acids is 1. The summed E-state index contributed by atoms with van der Waals surface area (Å²) < 4.78 is 34.3. The highest BCUT2D eigenvalue weighted by Crippen LogP contribution is 2.33. The number of unbranched alkanes of at least 4 members (excludes halogenated alkanes) is 44. The lowest BCUT2D eigenvalue weighted by molar-refractivity contribution is -0.379. The van der Waals surface area contributed by atoms with Crippen molar-refractivity contribution < 1.29 is 89.4 Å². The molecule has 17 atom stereocenters. The molecule has 19 heteroatoms. The minimum atomic E-state index is -1.98. The molecule has 3 heterocycles. The van der Waals surface area contributed by atoms with Gasteiger partial charge in [0.2, 0.25) is 5.91 Å². The van der Waals surface area contributed by atoms with E-state index in [9.17, 15) is 61.0 Å². The van der Waals surface area contributed by atoms with Crippen LogP contribution in [-0.2, 0) is 33.2 Å². The van der Waals surface area contributed by atoms with Crippen molar-refractivity contribution in [1.29, 1.82) is 0 Å². The van der Waals surface area contributed by atoms with Gasteiger partial charge in [-0.05, 0) is 44.9 Å². The zero-order valence-corrected chi connectivity index (χ0v) is 59.7. The van der Waals surface area contributed by atoms with Gasteiger partial charge in [-0.15, -0.1) is 0 Å². The van der Waals surface area contributed by atoms with E-state index in [1.165, 1.54) is 250 Å². The van der Waals surface area contributed by atoms with Crippen LogP contribution in [0.1, 0.15) is 322 Å². The van der Waals surface area contributed by atoms with E-state index in [0.29, 0.717) is 6.42 Å². The van der Waals surface area contributed by atoms with Crippen LogP contribution < -0.4 is 5.32 Å².